The third kappa shape index (κ3) is 3.64. The minimum atomic E-state index is -3.46. The van der Waals surface area contributed by atoms with E-state index in [9.17, 15) is 12.8 Å². The van der Waals surface area contributed by atoms with Crippen LogP contribution in [0.25, 0.3) is 0 Å². The molecule has 0 radical (unpaired) electrons. The molecule has 128 valence electrons. The maximum Gasteiger partial charge on any atom is 0.282 e. The Labute approximate surface area is 136 Å². The second-order valence-corrected chi connectivity index (χ2v) is 8.22. The summed E-state index contributed by atoms with van der Waals surface area (Å²) >= 11 is 0. The van der Waals surface area contributed by atoms with Crippen LogP contribution in [0.4, 0.5) is 4.39 Å². The van der Waals surface area contributed by atoms with Gasteiger partial charge in [-0.25, -0.2) is 9.37 Å². The van der Waals surface area contributed by atoms with E-state index < -0.39 is 16.0 Å². The van der Waals surface area contributed by atoms with E-state index in [2.05, 4.69) is 11.9 Å². The Morgan fingerprint density at radius 2 is 2.04 bits per heavy atom. The van der Waals surface area contributed by atoms with E-state index in [4.69, 9.17) is 4.74 Å². The van der Waals surface area contributed by atoms with Crippen LogP contribution in [0.2, 0.25) is 0 Å². The summed E-state index contributed by atoms with van der Waals surface area (Å²) in [6.45, 7) is 3.92. The predicted octanol–water partition coefficient (Wildman–Crippen LogP) is 1.65. The van der Waals surface area contributed by atoms with Gasteiger partial charge < -0.3 is 4.74 Å². The number of rotatable bonds is 4. The number of pyridine rings is 1. The molecule has 2 unspecified atom stereocenters. The summed E-state index contributed by atoms with van der Waals surface area (Å²) in [4.78, 5) is 3.87. The van der Waals surface area contributed by atoms with Crippen molar-refractivity contribution in [3.8, 4) is 5.88 Å². The molecular formula is C15H22FN3O3S. The van der Waals surface area contributed by atoms with Gasteiger partial charge in [0.05, 0.1) is 6.54 Å². The molecule has 2 atom stereocenters. The predicted molar refractivity (Wildman–Crippen MR) is 83.7 cm³/mol. The fourth-order valence-corrected chi connectivity index (χ4v) is 4.91. The summed E-state index contributed by atoms with van der Waals surface area (Å²) in [6, 6.07) is 2.78. The number of aromatic nitrogens is 1. The number of nitrogens with zero attached hydrogens (tertiary/aromatic N) is 3. The Hall–Kier alpha value is -1.25. The molecule has 23 heavy (non-hydrogen) atoms. The van der Waals surface area contributed by atoms with Gasteiger partial charge >= 0.3 is 0 Å². The fourth-order valence-electron chi connectivity index (χ4n) is 3.09. The Morgan fingerprint density at radius 1 is 1.26 bits per heavy atom. The van der Waals surface area contributed by atoms with Gasteiger partial charge in [0.2, 0.25) is 0 Å². The van der Waals surface area contributed by atoms with Crippen LogP contribution in [0.3, 0.4) is 0 Å². The normalized spacial score (nSPS) is 27.2. The Kier molecular flexibility index (Phi) is 4.84. The quantitative estimate of drug-likeness (QED) is 0.834. The van der Waals surface area contributed by atoms with E-state index in [1.54, 1.807) is 4.31 Å². The van der Waals surface area contributed by atoms with Gasteiger partial charge in [-0.2, -0.15) is 17.0 Å². The van der Waals surface area contributed by atoms with Crippen LogP contribution in [-0.4, -0.2) is 54.3 Å². The second-order valence-electron chi connectivity index (χ2n) is 6.29. The van der Waals surface area contributed by atoms with Crippen molar-refractivity contribution in [2.24, 2.45) is 5.92 Å². The van der Waals surface area contributed by atoms with Gasteiger partial charge in [-0.05, 0) is 37.3 Å². The van der Waals surface area contributed by atoms with Crippen molar-refractivity contribution >= 4 is 10.2 Å². The first-order chi connectivity index (χ1) is 11.0. The monoisotopic (exact) mass is 343 g/mol. The van der Waals surface area contributed by atoms with Crippen molar-refractivity contribution < 1.29 is 17.5 Å². The SMILES string of the molecule is CC1CCN(S(=O)(=O)N2CCCC(Oc3ncccc3F)C2)C1. The third-order valence-electron chi connectivity index (χ3n) is 4.38. The minimum absolute atomic E-state index is 0.0634. The maximum absolute atomic E-state index is 13.6. The fraction of sp³-hybridized carbons (Fsp3) is 0.667. The molecule has 2 aliphatic heterocycles. The molecular weight excluding hydrogens is 321 g/mol. The second kappa shape index (κ2) is 6.70. The lowest BCUT2D eigenvalue weighted by Gasteiger charge is -2.34. The van der Waals surface area contributed by atoms with Crippen LogP contribution >= 0.6 is 0 Å². The Balaban J connectivity index is 1.67. The zero-order chi connectivity index (χ0) is 16.4. The molecule has 8 heteroatoms. The molecule has 0 bridgehead atoms. The molecule has 1 aromatic heterocycles. The van der Waals surface area contributed by atoms with Crippen LogP contribution in [0.5, 0.6) is 5.88 Å². The standard InChI is InChI=1S/C15H22FN3O3S/c1-12-6-9-19(10-12)23(20,21)18-8-3-4-13(11-18)22-15-14(16)5-2-7-17-15/h2,5,7,12-13H,3-4,6,8-11H2,1H3. The lowest BCUT2D eigenvalue weighted by Crippen LogP contribution is -2.49. The minimum Gasteiger partial charge on any atom is -0.471 e. The summed E-state index contributed by atoms with van der Waals surface area (Å²) in [5, 5.41) is 0. The van der Waals surface area contributed by atoms with Crippen LogP contribution in [-0.2, 0) is 10.2 Å². The van der Waals surface area contributed by atoms with Gasteiger partial charge in [0, 0.05) is 25.8 Å². The van der Waals surface area contributed by atoms with Crippen LogP contribution < -0.4 is 4.74 Å². The molecule has 1 aromatic rings. The van der Waals surface area contributed by atoms with Gasteiger partial charge in [0.15, 0.2) is 5.82 Å². The van der Waals surface area contributed by atoms with E-state index in [1.165, 1.54) is 22.6 Å². The average Bonchev–Trinajstić information content (AvgIpc) is 2.97. The third-order valence-corrected chi connectivity index (χ3v) is 6.35. The van der Waals surface area contributed by atoms with Gasteiger partial charge in [-0.1, -0.05) is 6.92 Å². The van der Waals surface area contributed by atoms with Crippen LogP contribution in [0, 0.1) is 11.7 Å². The van der Waals surface area contributed by atoms with Gasteiger partial charge in [-0.3, -0.25) is 0 Å². The van der Waals surface area contributed by atoms with Crippen molar-refractivity contribution in [2.45, 2.75) is 32.3 Å². The van der Waals surface area contributed by atoms with E-state index in [-0.39, 0.29) is 18.5 Å². The first-order valence-electron chi connectivity index (χ1n) is 7.99. The van der Waals surface area contributed by atoms with Gasteiger partial charge in [0.25, 0.3) is 16.1 Å². The van der Waals surface area contributed by atoms with E-state index in [0.29, 0.717) is 38.4 Å². The van der Waals surface area contributed by atoms with E-state index in [0.717, 1.165) is 6.42 Å². The summed E-state index contributed by atoms with van der Waals surface area (Å²) < 4.78 is 47.6. The lowest BCUT2D eigenvalue weighted by atomic mass is 10.1. The largest absolute Gasteiger partial charge is 0.471 e. The van der Waals surface area contributed by atoms with Crippen molar-refractivity contribution in [2.75, 3.05) is 26.2 Å². The topological polar surface area (TPSA) is 62.7 Å². The van der Waals surface area contributed by atoms with Crippen molar-refractivity contribution in [3.63, 3.8) is 0 Å². The number of ether oxygens (including phenoxy) is 1. The Morgan fingerprint density at radius 3 is 2.74 bits per heavy atom. The lowest BCUT2D eigenvalue weighted by molar-refractivity contribution is 0.116. The zero-order valence-electron chi connectivity index (χ0n) is 13.2. The van der Waals surface area contributed by atoms with Gasteiger partial charge in [0.1, 0.15) is 6.10 Å². The highest BCUT2D eigenvalue weighted by Crippen LogP contribution is 2.25. The molecule has 3 heterocycles. The zero-order valence-corrected chi connectivity index (χ0v) is 14.0. The van der Waals surface area contributed by atoms with Crippen molar-refractivity contribution in [3.05, 3.63) is 24.1 Å². The van der Waals surface area contributed by atoms with E-state index >= 15 is 0 Å². The summed E-state index contributed by atoms with van der Waals surface area (Å²) in [7, 11) is -3.46. The molecule has 2 saturated heterocycles. The molecule has 0 N–H and O–H groups in total. The highest BCUT2D eigenvalue weighted by Gasteiger charge is 2.37. The molecule has 6 nitrogen and oxygen atoms in total. The summed E-state index contributed by atoms with van der Waals surface area (Å²) in [6.07, 6.45) is 3.37. The smallest absolute Gasteiger partial charge is 0.282 e. The average molecular weight is 343 g/mol. The Bertz CT molecular complexity index is 655. The number of halogens is 1. The molecule has 2 aliphatic rings. The molecule has 0 aliphatic carbocycles. The number of hydrogen-bond donors (Lipinski definition) is 0. The van der Waals surface area contributed by atoms with Crippen molar-refractivity contribution in [1.29, 1.82) is 0 Å². The molecule has 2 fully saturated rings. The highest BCUT2D eigenvalue weighted by molar-refractivity contribution is 7.86. The van der Waals surface area contributed by atoms with Gasteiger partial charge in [-0.15, -0.1) is 0 Å². The molecule has 0 saturated carbocycles. The first kappa shape index (κ1) is 16.6. The molecule has 0 spiro atoms. The maximum atomic E-state index is 13.6. The molecule has 0 amide bonds. The summed E-state index contributed by atoms with van der Waals surface area (Å²) in [5.41, 5.74) is 0. The number of hydrogen-bond acceptors (Lipinski definition) is 4. The molecule has 3 rings (SSSR count). The van der Waals surface area contributed by atoms with Crippen LogP contribution in [0.15, 0.2) is 18.3 Å². The highest BCUT2D eigenvalue weighted by atomic mass is 32.2. The van der Waals surface area contributed by atoms with Crippen LogP contribution in [0.1, 0.15) is 26.2 Å². The number of piperidine rings is 1. The first-order valence-corrected chi connectivity index (χ1v) is 9.39. The van der Waals surface area contributed by atoms with Crippen molar-refractivity contribution in [1.82, 2.24) is 13.6 Å². The van der Waals surface area contributed by atoms with E-state index in [1.807, 2.05) is 0 Å². The molecule has 0 aromatic carbocycles. The summed E-state index contributed by atoms with van der Waals surface area (Å²) in [5.74, 6) is -0.198.